The van der Waals surface area contributed by atoms with Crippen LogP contribution in [0.5, 0.6) is 0 Å². The molecule has 0 aromatic heterocycles. The lowest BCUT2D eigenvalue weighted by molar-refractivity contribution is -0.0337. The highest BCUT2D eigenvalue weighted by Crippen LogP contribution is 2.34. The van der Waals surface area contributed by atoms with Crippen LogP contribution >= 0.6 is 23.2 Å². The van der Waals surface area contributed by atoms with Gasteiger partial charge in [0.25, 0.3) is 0 Å². The zero-order valence-electron chi connectivity index (χ0n) is 17.0. The maximum Gasteiger partial charge on any atom is 0.410 e. The van der Waals surface area contributed by atoms with Crippen LogP contribution in [0, 0.1) is 0 Å². The molecule has 0 spiro atoms. The summed E-state index contributed by atoms with van der Waals surface area (Å²) < 4.78 is 12.0. The van der Waals surface area contributed by atoms with Crippen LogP contribution in [0.4, 0.5) is 4.79 Å². The first kappa shape index (κ1) is 21.9. The predicted molar refractivity (Wildman–Crippen MR) is 117 cm³/mol. The molecule has 1 saturated heterocycles. The lowest BCUT2D eigenvalue weighted by atomic mass is 10.00. The Kier molecular flexibility index (Phi) is 7.10. The van der Waals surface area contributed by atoms with Crippen molar-refractivity contribution in [3.05, 3.63) is 69.7 Å². The number of benzene rings is 2. The van der Waals surface area contributed by atoms with Gasteiger partial charge in [0.05, 0.1) is 6.10 Å². The van der Waals surface area contributed by atoms with E-state index in [9.17, 15) is 4.79 Å². The number of likely N-dealkylation sites (tertiary alicyclic amines) is 1. The van der Waals surface area contributed by atoms with Gasteiger partial charge >= 0.3 is 6.09 Å². The minimum absolute atomic E-state index is 0.0191. The fourth-order valence-electron chi connectivity index (χ4n) is 3.35. The van der Waals surface area contributed by atoms with Gasteiger partial charge in [0.2, 0.25) is 0 Å². The number of piperidine rings is 1. The molecule has 1 atom stereocenters. The molecule has 1 aliphatic rings. The van der Waals surface area contributed by atoms with Crippen molar-refractivity contribution in [2.24, 2.45) is 0 Å². The minimum atomic E-state index is -0.492. The van der Waals surface area contributed by atoms with E-state index in [-0.39, 0.29) is 18.3 Å². The number of amides is 1. The van der Waals surface area contributed by atoms with Gasteiger partial charge in [0.15, 0.2) is 0 Å². The summed E-state index contributed by atoms with van der Waals surface area (Å²) in [5.41, 5.74) is 1.43. The van der Waals surface area contributed by atoms with Crippen LogP contribution in [-0.2, 0) is 9.47 Å². The molecule has 0 N–H and O–H groups in total. The largest absolute Gasteiger partial charge is 0.444 e. The summed E-state index contributed by atoms with van der Waals surface area (Å²) in [7, 11) is 0. The zero-order chi connectivity index (χ0) is 21.0. The number of hydrogen-bond donors (Lipinski definition) is 0. The van der Waals surface area contributed by atoms with Gasteiger partial charge in [0.1, 0.15) is 11.7 Å². The molecule has 0 aliphatic carbocycles. The average molecular weight is 436 g/mol. The van der Waals surface area contributed by atoms with E-state index >= 15 is 0 Å². The first-order chi connectivity index (χ1) is 13.7. The van der Waals surface area contributed by atoms with Gasteiger partial charge in [-0.15, -0.1) is 0 Å². The monoisotopic (exact) mass is 435 g/mol. The quantitative estimate of drug-likeness (QED) is 0.549. The number of carbonyl (C=O) groups excluding carboxylic acids is 1. The first-order valence-electron chi connectivity index (χ1n) is 9.86. The maximum absolute atomic E-state index is 12.3. The van der Waals surface area contributed by atoms with Crippen molar-refractivity contribution in [1.29, 1.82) is 0 Å². The highest BCUT2D eigenvalue weighted by molar-refractivity contribution is 6.31. The molecule has 1 aliphatic heterocycles. The minimum Gasteiger partial charge on any atom is -0.444 e. The molecule has 1 heterocycles. The Balaban J connectivity index is 1.71. The van der Waals surface area contributed by atoms with E-state index in [1.165, 1.54) is 0 Å². The van der Waals surface area contributed by atoms with Gasteiger partial charge in [-0.3, -0.25) is 0 Å². The lowest BCUT2D eigenvalue weighted by Crippen LogP contribution is -2.43. The second-order valence-electron chi connectivity index (χ2n) is 8.26. The molecule has 6 heteroatoms. The van der Waals surface area contributed by atoms with E-state index in [4.69, 9.17) is 32.7 Å². The molecular weight excluding hydrogens is 409 g/mol. The van der Waals surface area contributed by atoms with Crippen molar-refractivity contribution in [2.45, 2.75) is 51.4 Å². The summed E-state index contributed by atoms with van der Waals surface area (Å²) in [4.78, 5) is 14.0. The first-order valence-corrected chi connectivity index (χ1v) is 10.6. The lowest BCUT2D eigenvalue weighted by Gasteiger charge is -2.35. The van der Waals surface area contributed by atoms with E-state index < -0.39 is 5.60 Å². The summed E-state index contributed by atoms with van der Waals surface area (Å²) in [5, 5.41) is 1.34. The molecule has 0 bridgehead atoms. The van der Waals surface area contributed by atoms with Gasteiger partial charge in [-0.25, -0.2) is 4.79 Å². The molecular formula is C23H27Cl2NO3. The van der Waals surface area contributed by atoms with E-state index in [1.807, 2.05) is 69.3 Å². The summed E-state index contributed by atoms with van der Waals surface area (Å²) in [6.45, 7) is 6.84. The van der Waals surface area contributed by atoms with E-state index in [2.05, 4.69) is 0 Å². The van der Waals surface area contributed by atoms with Crippen LogP contribution in [0.25, 0.3) is 0 Å². The molecule has 2 aromatic carbocycles. The Hall–Kier alpha value is -1.75. The number of halogens is 2. The third kappa shape index (κ3) is 6.11. The smallest absolute Gasteiger partial charge is 0.410 e. The predicted octanol–water partition coefficient (Wildman–Crippen LogP) is 6.50. The molecule has 156 valence electrons. The van der Waals surface area contributed by atoms with Crippen LogP contribution in [0.1, 0.15) is 50.8 Å². The fourth-order valence-corrected chi connectivity index (χ4v) is 3.71. The molecule has 1 fully saturated rings. The second-order valence-corrected chi connectivity index (χ2v) is 9.10. The van der Waals surface area contributed by atoms with Gasteiger partial charge < -0.3 is 14.4 Å². The number of carbonyl (C=O) groups is 1. The molecule has 4 nitrogen and oxygen atoms in total. The normalized spacial score (nSPS) is 16.5. The summed E-state index contributed by atoms with van der Waals surface area (Å²) in [6, 6.07) is 15.4. The highest BCUT2D eigenvalue weighted by atomic mass is 35.5. The van der Waals surface area contributed by atoms with Crippen LogP contribution in [0.15, 0.2) is 48.5 Å². The van der Waals surface area contributed by atoms with E-state index in [1.54, 1.807) is 4.90 Å². The van der Waals surface area contributed by atoms with Crippen molar-refractivity contribution in [3.63, 3.8) is 0 Å². The Morgan fingerprint density at radius 1 is 1.03 bits per heavy atom. The number of hydrogen-bond acceptors (Lipinski definition) is 3. The average Bonchev–Trinajstić information content (AvgIpc) is 2.67. The Morgan fingerprint density at radius 2 is 1.66 bits per heavy atom. The van der Waals surface area contributed by atoms with Crippen LogP contribution in [-0.4, -0.2) is 35.8 Å². The van der Waals surface area contributed by atoms with Gasteiger partial charge in [-0.05, 0) is 57.4 Å². The maximum atomic E-state index is 12.3. The van der Waals surface area contributed by atoms with Crippen molar-refractivity contribution in [2.75, 3.05) is 13.1 Å². The molecule has 2 aromatic rings. The van der Waals surface area contributed by atoms with Gasteiger partial charge in [-0.2, -0.15) is 0 Å². The van der Waals surface area contributed by atoms with Gasteiger partial charge in [-0.1, -0.05) is 53.5 Å². The Labute approximate surface area is 182 Å². The molecule has 0 saturated carbocycles. The fraction of sp³-hybridized carbons (Fsp3) is 0.435. The summed E-state index contributed by atoms with van der Waals surface area (Å²) >= 11 is 12.5. The zero-order valence-corrected chi connectivity index (χ0v) is 18.5. The van der Waals surface area contributed by atoms with Gasteiger partial charge in [0, 0.05) is 28.7 Å². The van der Waals surface area contributed by atoms with Crippen LogP contribution < -0.4 is 0 Å². The number of ether oxygens (including phenoxy) is 2. The Bertz CT molecular complexity index is 825. The highest BCUT2D eigenvalue weighted by Gasteiger charge is 2.29. The third-order valence-electron chi connectivity index (χ3n) is 4.78. The molecule has 1 amide bonds. The van der Waals surface area contributed by atoms with Crippen LogP contribution in [0.2, 0.25) is 10.0 Å². The molecule has 0 radical (unpaired) electrons. The van der Waals surface area contributed by atoms with Crippen molar-refractivity contribution >= 4 is 29.3 Å². The van der Waals surface area contributed by atoms with E-state index in [0.29, 0.717) is 23.1 Å². The number of rotatable bonds is 4. The molecule has 29 heavy (non-hydrogen) atoms. The topological polar surface area (TPSA) is 38.8 Å². The molecule has 1 unspecified atom stereocenters. The van der Waals surface area contributed by atoms with Crippen LogP contribution in [0.3, 0.4) is 0 Å². The van der Waals surface area contributed by atoms with Crippen molar-refractivity contribution < 1.29 is 14.3 Å². The number of nitrogens with zero attached hydrogens (tertiary/aromatic N) is 1. The summed E-state index contributed by atoms with van der Waals surface area (Å²) in [5.74, 6) is 0. The Morgan fingerprint density at radius 3 is 2.24 bits per heavy atom. The summed E-state index contributed by atoms with van der Waals surface area (Å²) in [6.07, 6.45) is 0.947. The van der Waals surface area contributed by atoms with Crippen molar-refractivity contribution in [3.8, 4) is 0 Å². The SMILES string of the molecule is CC(C)(C)OC(=O)N1CCC(OC(c2ccc(Cl)cc2)c2ccccc2Cl)CC1. The molecule has 3 rings (SSSR count). The standard InChI is InChI=1S/C23H27Cl2NO3/c1-23(2,3)29-22(27)26-14-12-18(13-15-26)28-21(16-8-10-17(24)11-9-16)19-6-4-5-7-20(19)25/h4-11,18,21H,12-15H2,1-3H3. The van der Waals surface area contributed by atoms with Crippen molar-refractivity contribution in [1.82, 2.24) is 4.90 Å². The second kappa shape index (κ2) is 9.38. The third-order valence-corrected chi connectivity index (χ3v) is 5.38. The van der Waals surface area contributed by atoms with E-state index in [0.717, 1.165) is 24.0 Å².